The number of hydrogen-bond donors (Lipinski definition) is 1. The summed E-state index contributed by atoms with van der Waals surface area (Å²) in [6.45, 7) is 5.50. The minimum Gasteiger partial charge on any atom is -0.323 e. The Bertz CT molecular complexity index is 909. The van der Waals surface area contributed by atoms with Crippen LogP contribution in [-0.2, 0) is 0 Å². The number of carbonyl (C=O) groups is 1. The third-order valence-corrected chi connectivity index (χ3v) is 3.89. The Morgan fingerprint density at radius 3 is 2.20 bits per heavy atom. The minimum atomic E-state index is -0.615. The largest absolute Gasteiger partial charge is 0.323 e. The zero-order chi connectivity index (χ0) is 18.2. The SMILES string of the molecule is CC(C)(C)C(=O)c1nn(N)c(-c2ccc(F)cc2)c1-c1ccncc1. The van der Waals surface area contributed by atoms with Crippen LogP contribution in [0.2, 0.25) is 0 Å². The fourth-order valence-electron chi connectivity index (χ4n) is 2.62. The number of benzene rings is 1. The maximum atomic E-state index is 13.3. The molecule has 6 heteroatoms. The van der Waals surface area contributed by atoms with Crippen LogP contribution in [0.15, 0.2) is 48.8 Å². The van der Waals surface area contributed by atoms with Gasteiger partial charge in [-0.3, -0.25) is 9.78 Å². The lowest BCUT2D eigenvalue weighted by Gasteiger charge is -2.16. The van der Waals surface area contributed by atoms with Crippen molar-refractivity contribution in [3.63, 3.8) is 0 Å². The van der Waals surface area contributed by atoms with Crippen molar-refractivity contribution in [3.8, 4) is 22.4 Å². The molecule has 0 radical (unpaired) electrons. The monoisotopic (exact) mass is 338 g/mol. The first-order chi connectivity index (χ1) is 11.8. The van der Waals surface area contributed by atoms with Crippen molar-refractivity contribution in [3.05, 3.63) is 60.3 Å². The summed E-state index contributed by atoms with van der Waals surface area (Å²) in [6, 6.07) is 9.53. The number of nitrogens with zero attached hydrogens (tertiary/aromatic N) is 3. The van der Waals surface area contributed by atoms with Gasteiger partial charge in [-0.25, -0.2) is 4.39 Å². The fourth-order valence-corrected chi connectivity index (χ4v) is 2.62. The second-order valence-corrected chi connectivity index (χ2v) is 6.84. The van der Waals surface area contributed by atoms with Gasteiger partial charge in [0.1, 0.15) is 17.2 Å². The van der Waals surface area contributed by atoms with E-state index in [0.29, 0.717) is 22.5 Å². The van der Waals surface area contributed by atoms with Gasteiger partial charge in [0.15, 0.2) is 5.78 Å². The number of halogens is 1. The molecule has 0 unspecified atom stereocenters. The topological polar surface area (TPSA) is 73.8 Å². The molecule has 5 nitrogen and oxygen atoms in total. The molecular formula is C19H19FN4O. The van der Waals surface area contributed by atoms with E-state index < -0.39 is 5.41 Å². The first-order valence-corrected chi connectivity index (χ1v) is 7.88. The zero-order valence-electron chi connectivity index (χ0n) is 14.3. The highest BCUT2D eigenvalue weighted by atomic mass is 19.1. The standard InChI is InChI=1S/C19H19FN4O/c1-19(2,3)18(25)16-15(12-8-10-22-11-9-12)17(24(21)23-16)13-4-6-14(20)7-5-13/h4-11H,21H2,1-3H3. The van der Waals surface area contributed by atoms with E-state index in [0.717, 1.165) is 5.56 Å². The van der Waals surface area contributed by atoms with Gasteiger partial charge in [-0.15, -0.1) is 5.10 Å². The van der Waals surface area contributed by atoms with Crippen molar-refractivity contribution in [2.45, 2.75) is 20.8 Å². The summed E-state index contributed by atoms with van der Waals surface area (Å²) in [5.74, 6) is 5.61. The van der Waals surface area contributed by atoms with Crippen molar-refractivity contribution in [1.82, 2.24) is 14.9 Å². The van der Waals surface area contributed by atoms with E-state index >= 15 is 0 Å². The van der Waals surface area contributed by atoms with E-state index in [2.05, 4.69) is 10.1 Å². The lowest BCUT2D eigenvalue weighted by atomic mass is 9.86. The molecule has 0 aliphatic rings. The van der Waals surface area contributed by atoms with Crippen LogP contribution in [0.1, 0.15) is 31.3 Å². The van der Waals surface area contributed by atoms with Gasteiger partial charge in [-0.2, -0.15) is 4.79 Å². The maximum absolute atomic E-state index is 13.3. The van der Waals surface area contributed by atoms with Crippen LogP contribution >= 0.6 is 0 Å². The molecule has 2 N–H and O–H groups in total. The summed E-state index contributed by atoms with van der Waals surface area (Å²) in [6.07, 6.45) is 3.28. The van der Waals surface area contributed by atoms with E-state index in [4.69, 9.17) is 5.84 Å². The highest BCUT2D eigenvalue weighted by Crippen LogP contribution is 2.36. The number of nitrogen functional groups attached to an aromatic ring is 1. The number of hydrogen-bond acceptors (Lipinski definition) is 4. The first kappa shape index (κ1) is 16.8. The van der Waals surface area contributed by atoms with Crippen LogP contribution in [-0.4, -0.2) is 20.7 Å². The second-order valence-electron chi connectivity index (χ2n) is 6.84. The molecule has 0 atom stereocenters. The van der Waals surface area contributed by atoms with Gasteiger partial charge < -0.3 is 5.84 Å². The number of aromatic nitrogens is 3. The third-order valence-electron chi connectivity index (χ3n) is 3.89. The van der Waals surface area contributed by atoms with Gasteiger partial charge in [0, 0.05) is 28.9 Å². The van der Waals surface area contributed by atoms with Gasteiger partial charge in [-0.1, -0.05) is 20.8 Å². The number of ketones is 1. The molecular weight excluding hydrogens is 319 g/mol. The van der Waals surface area contributed by atoms with Crippen molar-refractivity contribution >= 4 is 5.78 Å². The molecule has 128 valence electrons. The predicted molar refractivity (Wildman–Crippen MR) is 94.8 cm³/mol. The molecule has 0 aliphatic carbocycles. The van der Waals surface area contributed by atoms with Crippen LogP contribution in [0.3, 0.4) is 0 Å². The molecule has 3 rings (SSSR count). The molecule has 0 bridgehead atoms. The van der Waals surface area contributed by atoms with E-state index in [1.807, 2.05) is 20.8 Å². The lowest BCUT2D eigenvalue weighted by molar-refractivity contribution is 0.0853. The van der Waals surface area contributed by atoms with Crippen molar-refractivity contribution < 1.29 is 9.18 Å². The van der Waals surface area contributed by atoms with Crippen LogP contribution < -0.4 is 5.84 Å². The summed E-state index contributed by atoms with van der Waals surface area (Å²) < 4.78 is 13.3. The molecule has 1 aromatic carbocycles. The fraction of sp³-hybridized carbons (Fsp3) is 0.211. The first-order valence-electron chi connectivity index (χ1n) is 7.88. The van der Waals surface area contributed by atoms with Crippen LogP contribution in [0.25, 0.3) is 22.4 Å². The van der Waals surface area contributed by atoms with Gasteiger partial charge >= 0.3 is 0 Å². The van der Waals surface area contributed by atoms with E-state index in [1.165, 1.54) is 16.9 Å². The van der Waals surface area contributed by atoms with Crippen molar-refractivity contribution in [2.75, 3.05) is 5.84 Å². The lowest BCUT2D eigenvalue weighted by Crippen LogP contribution is -2.22. The zero-order valence-corrected chi connectivity index (χ0v) is 14.3. The number of rotatable bonds is 3. The van der Waals surface area contributed by atoms with Gasteiger partial charge in [0.25, 0.3) is 0 Å². The molecule has 0 fully saturated rings. The normalized spacial score (nSPS) is 11.5. The quantitative estimate of drug-likeness (QED) is 0.584. The highest BCUT2D eigenvalue weighted by molar-refractivity contribution is 6.06. The predicted octanol–water partition coefficient (Wildman–Crippen LogP) is 3.69. The summed E-state index contributed by atoms with van der Waals surface area (Å²) in [7, 11) is 0. The Balaban J connectivity index is 2.30. The Hall–Kier alpha value is -3.02. The molecule has 3 aromatic rings. The summed E-state index contributed by atoms with van der Waals surface area (Å²) >= 11 is 0. The Morgan fingerprint density at radius 1 is 1.04 bits per heavy atom. The van der Waals surface area contributed by atoms with Crippen molar-refractivity contribution in [2.24, 2.45) is 5.41 Å². The highest BCUT2D eigenvalue weighted by Gasteiger charge is 2.31. The van der Waals surface area contributed by atoms with Crippen molar-refractivity contribution in [1.29, 1.82) is 0 Å². The molecule has 2 heterocycles. The van der Waals surface area contributed by atoms with Gasteiger partial charge in [0.2, 0.25) is 0 Å². The minimum absolute atomic E-state index is 0.119. The van der Waals surface area contributed by atoms with E-state index in [-0.39, 0.29) is 11.6 Å². The van der Waals surface area contributed by atoms with Crippen LogP contribution in [0.4, 0.5) is 4.39 Å². The van der Waals surface area contributed by atoms with Crippen LogP contribution in [0, 0.1) is 11.2 Å². The molecule has 0 saturated heterocycles. The average molecular weight is 338 g/mol. The summed E-state index contributed by atoms with van der Waals surface area (Å²) in [5.41, 5.74) is 2.31. The van der Waals surface area contributed by atoms with E-state index in [9.17, 15) is 9.18 Å². The Morgan fingerprint density at radius 2 is 1.64 bits per heavy atom. The number of carbonyl (C=O) groups excluding carboxylic acids is 1. The summed E-state index contributed by atoms with van der Waals surface area (Å²) in [4.78, 5) is 18.1. The molecule has 0 saturated carbocycles. The number of Topliss-reactive ketones (excluding diaryl/α,β-unsaturated/α-hetero) is 1. The average Bonchev–Trinajstić information content (AvgIpc) is 2.92. The van der Waals surface area contributed by atoms with E-state index in [1.54, 1.807) is 36.7 Å². The molecule has 0 amide bonds. The van der Waals surface area contributed by atoms with Gasteiger partial charge in [-0.05, 0) is 42.0 Å². The van der Waals surface area contributed by atoms with Gasteiger partial charge in [0.05, 0.1) is 0 Å². The molecule has 2 aromatic heterocycles. The smallest absolute Gasteiger partial charge is 0.189 e. The maximum Gasteiger partial charge on any atom is 0.189 e. The molecule has 0 aliphatic heterocycles. The van der Waals surface area contributed by atoms with Crippen LogP contribution in [0.5, 0.6) is 0 Å². The molecule has 25 heavy (non-hydrogen) atoms. The Labute approximate surface area is 145 Å². The second kappa shape index (κ2) is 6.12. The molecule has 0 spiro atoms. The number of pyridine rings is 1. The third kappa shape index (κ3) is 3.15. The number of nitrogens with two attached hydrogens (primary N) is 1. The summed E-state index contributed by atoms with van der Waals surface area (Å²) in [5, 5.41) is 4.28. The Kier molecular flexibility index (Phi) is 4.12.